The van der Waals surface area contributed by atoms with Gasteiger partial charge in [-0.25, -0.2) is 4.39 Å². The molecule has 2 unspecified atom stereocenters. The highest BCUT2D eigenvalue weighted by Gasteiger charge is 2.38. The Bertz CT molecular complexity index is 504. The second kappa shape index (κ2) is 5.67. The molecule has 0 heterocycles. The van der Waals surface area contributed by atoms with Crippen LogP contribution >= 0.6 is 0 Å². The molecule has 0 saturated heterocycles. The maximum Gasteiger partial charge on any atom is 0.136 e. The molecular weight excluding hydrogens is 251 g/mol. The van der Waals surface area contributed by atoms with Crippen molar-refractivity contribution in [2.45, 2.75) is 53.4 Å². The molecule has 2 heteroatoms. The Morgan fingerprint density at radius 1 is 1.30 bits per heavy atom. The molecule has 20 heavy (non-hydrogen) atoms. The minimum atomic E-state index is -0.188. The first kappa shape index (κ1) is 15.2. The summed E-state index contributed by atoms with van der Waals surface area (Å²) in [6.07, 6.45) is 3.69. The lowest BCUT2D eigenvalue weighted by atomic mass is 9.66. The number of rotatable bonds is 3. The number of carbonyl (C=O) groups excluding carboxylic acids is 1. The summed E-state index contributed by atoms with van der Waals surface area (Å²) in [5, 5.41) is 0. The predicted molar refractivity (Wildman–Crippen MR) is 80.1 cm³/mol. The molecule has 0 radical (unpaired) electrons. The first-order valence-electron chi connectivity index (χ1n) is 7.57. The first-order chi connectivity index (χ1) is 9.29. The van der Waals surface area contributed by atoms with Crippen LogP contribution in [0.5, 0.6) is 0 Å². The second-order valence-corrected chi connectivity index (χ2v) is 7.14. The van der Waals surface area contributed by atoms with Gasteiger partial charge in [0.25, 0.3) is 0 Å². The number of carbonyl (C=O) groups is 1. The van der Waals surface area contributed by atoms with E-state index in [2.05, 4.69) is 20.8 Å². The Kier molecular flexibility index (Phi) is 4.31. The van der Waals surface area contributed by atoms with Crippen molar-refractivity contribution in [2.75, 3.05) is 0 Å². The summed E-state index contributed by atoms with van der Waals surface area (Å²) in [7, 11) is 0. The van der Waals surface area contributed by atoms with Crippen LogP contribution in [0.4, 0.5) is 4.39 Å². The van der Waals surface area contributed by atoms with Crippen molar-refractivity contribution >= 4 is 5.78 Å². The number of hydrogen-bond donors (Lipinski definition) is 0. The highest BCUT2D eigenvalue weighted by Crippen LogP contribution is 2.40. The first-order valence-corrected chi connectivity index (χ1v) is 7.57. The molecule has 0 amide bonds. The van der Waals surface area contributed by atoms with Gasteiger partial charge < -0.3 is 0 Å². The van der Waals surface area contributed by atoms with E-state index >= 15 is 0 Å². The third-order valence-electron chi connectivity index (χ3n) is 4.78. The molecular formula is C18H25FO. The molecule has 1 fully saturated rings. The van der Waals surface area contributed by atoms with Crippen molar-refractivity contribution in [1.29, 1.82) is 0 Å². The van der Waals surface area contributed by atoms with Crippen molar-refractivity contribution < 1.29 is 9.18 Å². The fourth-order valence-electron chi connectivity index (χ4n) is 3.50. The number of ketones is 1. The topological polar surface area (TPSA) is 17.1 Å². The van der Waals surface area contributed by atoms with Gasteiger partial charge >= 0.3 is 0 Å². The Morgan fingerprint density at radius 3 is 2.60 bits per heavy atom. The molecule has 0 aliphatic heterocycles. The number of Topliss-reactive ketones (excluding diaryl/α,β-unsaturated/α-hetero) is 1. The highest BCUT2D eigenvalue weighted by atomic mass is 19.1. The molecule has 2 atom stereocenters. The molecule has 1 aliphatic rings. The SMILES string of the molecule is Cc1cc(F)ccc1CC(C)(C)C1CCC(C)CC1=O. The zero-order chi connectivity index (χ0) is 14.9. The standard InChI is InChI=1S/C18H25FO/c1-12-5-8-16(17(20)9-12)18(3,4)11-14-6-7-15(19)10-13(14)2/h6-7,10,12,16H,5,8-9,11H2,1-4H3. The van der Waals surface area contributed by atoms with E-state index in [9.17, 15) is 9.18 Å². The highest BCUT2D eigenvalue weighted by molar-refractivity contribution is 5.82. The summed E-state index contributed by atoms with van der Waals surface area (Å²) in [5.41, 5.74) is 2.08. The molecule has 1 saturated carbocycles. The Hall–Kier alpha value is -1.18. The van der Waals surface area contributed by atoms with Gasteiger partial charge in [-0.05, 0) is 60.8 Å². The van der Waals surface area contributed by atoms with Gasteiger partial charge in [0.2, 0.25) is 0 Å². The van der Waals surface area contributed by atoms with Crippen molar-refractivity contribution in [3.63, 3.8) is 0 Å². The molecule has 2 rings (SSSR count). The number of benzene rings is 1. The van der Waals surface area contributed by atoms with Crippen LogP contribution in [-0.4, -0.2) is 5.78 Å². The summed E-state index contributed by atoms with van der Waals surface area (Å²) < 4.78 is 13.2. The average Bonchev–Trinajstić information content (AvgIpc) is 2.32. The summed E-state index contributed by atoms with van der Waals surface area (Å²) in [5.74, 6) is 0.894. The molecule has 0 aromatic heterocycles. The van der Waals surface area contributed by atoms with Gasteiger partial charge in [0.15, 0.2) is 0 Å². The fraction of sp³-hybridized carbons (Fsp3) is 0.611. The summed E-state index contributed by atoms with van der Waals surface area (Å²) in [4.78, 5) is 12.3. The second-order valence-electron chi connectivity index (χ2n) is 7.14. The van der Waals surface area contributed by atoms with Gasteiger partial charge in [-0.2, -0.15) is 0 Å². The molecule has 1 aromatic carbocycles. The zero-order valence-electron chi connectivity index (χ0n) is 13.0. The summed E-state index contributed by atoms with van der Waals surface area (Å²) in [6.45, 7) is 8.45. The lowest BCUT2D eigenvalue weighted by Crippen LogP contribution is -2.37. The van der Waals surface area contributed by atoms with Gasteiger partial charge in [-0.1, -0.05) is 26.8 Å². The number of aryl methyl sites for hydroxylation is 1. The van der Waals surface area contributed by atoms with Crippen LogP contribution in [0.25, 0.3) is 0 Å². The van der Waals surface area contributed by atoms with Gasteiger partial charge in [0.1, 0.15) is 11.6 Å². The minimum absolute atomic E-state index is 0.0557. The largest absolute Gasteiger partial charge is 0.299 e. The van der Waals surface area contributed by atoms with Gasteiger partial charge in [0.05, 0.1) is 0 Å². The van der Waals surface area contributed by atoms with E-state index in [1.165, 1.54) is 6.07 Å². The van der Waals surface area contributed by atoms with E-state index in [1.54, 1.807) is 6.07 Å². The van der Waals surface area contributed by atoms with Crippen LogP contribution in [0, 0.1) is 30.0 Å². The van der Waals surface area contributed by atoms with Crippen molar-refractivity contribution in [3.05, 3.63) is 35.1 Å². The molecule has 1 aliphatic carbocycles. The summed E-state index contributed by atoms with van der Waals surface area (Å²) >= 11 is 0. The lowest BCUT2D eigenvalue weighted by molar-refractivity contribution is -0.129. The van der Waals surface area contributed by atoms with E-state index in [4.69, 9.17) is 0 Å². The lowest BCUT2D eigenvalue weighted by Gasteiger charge is -2.38. The van der Waals surface area contributed by atoms with E-state index in [0.717, 1.165) is 36.8 Å². The molecule has 0 bridgehead atoms. The molecule has 0 N–H and O–H groups in total. The van der Waals surface area contributed by atoms with Crippen LogP contribution in [0.2, 0.25) is 0 Å². The smallest absolute Gasteiger partial charge is 0.136 e. The molecule has 1 aromatic rings. The van der Waals surface area contributed by atoms with Gasteiger partial charge in [-0.15, -0.1) is 0 Å². The maximum atomic E-state index is 13.2. The van der Waals surface area contributed by atoms with Crippen LogP contribution in [0.3, 0.4) is 0 Å². The maximum absolute atomic E-state index is 13.2. The van der Waals surface area contributed by atoms with Crippen molar-refractivity contribution in [1.82, 2.24) is 0 Å². The summed E-state index contributed by atoms with van der Waals surface area (Å²) in [6, 6.07) is 4.96. The third kappa shape index (κ3) is 3.28. The third-order valence-corrected chi connectivity index (χ3v) is 4.78. The van der Waals surface area contributed by atoms with E-state index < -0.39 is 0 Å². The fourth-order valence-corrected chi connectivity index (χ4v) is 3.50. The number of hydrogen-bond acceptors (Lipinski definition) is 1. The van der Waals surface area contributed by atoms with Crippen LogP contribution in [-0.2, 0) is 11.2 Å². The quantitative estimate of drug-likeness (QED) is 0.781. The van der Waals surface area contributed by atoms with Gasteiger partial charge in [0, 0.05) is 12.3 Å². The Labute approximate surface area is 121 Å². The van der Waals surface area contributed by atoms with Crippen LogP contribution < -0.4 is 0 Å². The van der Waals surface area contributed by atoms with Crippen LogP contribution in [0.15, 0.2) is 18.2 Å². The Balaban J connectivity index is 2.16. The number of halogens is 1. The average molecular weight is 276 g/mol. The van der Waals surface area contributed by atoms with Crippen LogP contribution in [0.1, 0.15) is 51.2 Å². The van der Waals surface area contributed by atoms with E-state index in [0.29, 0.717) is 11.7 Å². The predicted octanol–water partition coefficient (Wildman–Crippen LogP) is 4.71. The van der Waals surface area contributed by atoms with E-state index in [-0.39, 0.29) is 17.2 Å². The van der Waals surface area contributed by atoms with Crippen molar-refractivity contribution in [2.24, 2.45) is 17.3 Å². The van der Waals surface area contributed by atoms with E-state index in [1.807, 2.05) is 13.0 Å². The van der Waals surface area contributed by atoms with Gasteiger partial charge in [-0.3, -0.25) is 4.79 Å². The molecule has 1 nitrogen and oxygen atoms in total. The normalized spacial score (nSPS) is 23.9. The zero-order valence-corrected chi connectivity index (χ0v) is 13.0. The van der Waals surface area contributed by atoms with Crippen molar-refractivity contribution in [3.8, 4) is 0 Å². The monoisotopic (exact) mass is 276 g/mol. The Morgan fingerprint density at radius 2 is 2.00 bits per heavy atom. The molecule has 110 valence electrons. The molecule has 0 spiro atoms. The minimum Gasteiger partial charge on any atom is -0.299 e.